The molecule has 0 atom stereocenters. The van der Waals surface area contributed by atoms with E-state index in [9.17, 15) is 17.6 Å². The van der Waals surface area contributed by atoms with E-state index in [0.29, 0.717) is 0 Å². The van der Waals surface area contributed by atoms with Crippen molar-refractivity contribution >= 4 is 40.3 Å². The van der Waals surface area contributed by atoms with Gasteiger partial charge in [-0.1, -0.05) is 17.7 Å². The topological polar surface area (TPSA) is 24.1 Å². The van der Waals surface area contributed by atoms with Crippen molar-refractivity contribution < 1.29 is 17.6 Å². The van der Waals surface area contributed by atoms with E-state index in [2.05, 4.69) is 10.6 Å². The fourth-order valence-electron chi connectivity index (χ4n) is 1.65. The molecule has 22 heavy (non-hydrogen) atoms. The molecule has 116 valence electrons. The zero-order valence-electron chi connectivity index (χ0n) is 10.8. The standard InChI is InChI=1S/C14H9ClF4N2S/c15-9-4-5-12(11(16)7-9)21-13(22)20-10-3-1-2-8(6-10)14(17,18)19/h1-7H,(H2,20,21,22). The van der Waals surface area contributed by atoms with E-state index in [1.54, 1.807) is 0 Å². The molecule has 0 amide bonds. The van der Waals surface area contributed by atoms with Gasteiger partial charge in [0.05, 0.1) is 11.3 Å². The van der Waals surface area contributed by atoms with Gasteiger partial charge in [0.1, 0.15) is 5.82 Å². The number of hydrogen-bond acceptors (Lipinski definition) is 1. The molecular weight excluding hydrogens is 340 g/mol. The van der Waals surface area contributed by atoms with Gasteiger partial charge in [-0.05, 0) is 48.6 Å². The molecule has 0 aliphatic carbocycles. The molecule has 0 fully saturated rings. The van der Waals surface area contributed by atoms with Crippen LogP contribution in [0, 0.1) is 5.82 Å². The molecule has 0 aliphatic rings. The quantitative estimate of drug-likeness (QED) is 0.568. The molecule has 0 aliphatic heterocycles. The maximum absolute atomic E-state index is 13.6. The summed E-state index contributed by atoms with van der Waals surface area (Å²) in [5.74, 6) is -0.624. The van der Waals surface area contributed by atoms with Gasteiger partial charge in [0, 0.05) is 10.7 Å². The first-order valence-electron chi connectivity index (χ1n) is 5.96. The minimum absolute atomic E-state index is 0.0412. The van der Waals surface area contributed by atoms with E-state index in [1.807, 2.05) is 0 Å². The van der Waals surface area contributed by atoms with Gasteiger partial charge in [0.15, 0.2) is 5.11 Å². The largest absolute Gasteiger partial charge is 0.416 e. The fourth-order valence-corrected chi connectivity index (χ4v) is 2.04. The number of halogens is 5. The highest BCUT2D eigenvalue weighted by Gasteiger charge is 2.30. The highest BCUT2D eigenvalue weighted by atomic mass is 35.5. The Kier molecular flexibility index (Phi) is 4.87. The Bertz CT molecular complexity index is 703. The number of thiocarbonyl (C=S) groups is 1. The van der Waals surface area contributed by atoms with Crippen LogP contribution >= 0.6 is 23.8 Å². The first-order valence-corrected chi connectivity index (χ1v) is 6.74. The molecule has 0 spiro atoms. The second-order valence-electron chi connectivity index (χ2n) is 4.28. The fraction of sp³-hybridized carbons (Fsp3) is 0.0714. The lowest BCUT2D eigenvalue weighted by Crippen LogP contribution is -2.20. The second kappa shape index (κ2) is 6.50. The molecule has 2 nitrogen and oxygen atoms in total. The van der Waals surface area contributed by atoms with Crippen LogP contribution in [0.25, 0.3) is 0 Å². The molecule has 0 radical (unpaired) electrons. The van der Waals surface area contributed by atoms with Gasteiger partial charge in [-0.25, -0.2) is 4.39 Å². The second-order valence-corrected chi connectivity index (χ2v) is 5.13. The van der Waals surface area contributed by atoms with Crippen LogP contribution in [0.3, 0.4) is 0 Å². The molecule has 0 saturated heterocycles. The van der Waals surface area contributed by atoms with Crippen LogP contribution < -0.4 is 10.6 Å². The van der Waals surface area contributed by atoms with E-state index in [1.165, 1.54) is 24.3 Å². The Morgan fingerprint density at radius 1 is 1.05 bits per heavy atom. The molecule has 0 saturated carbocycles. The monoisotopic (exact) mass is 348 g/mol. The van der Waals surface area contributed by atoms with Gasteiger partial charge >= 0.3 is 6.18 Å². The van der Waals surface area contributed by atoms with Crippen LogP contribution in [0.15, 0.2) is 42.5 Å². The average molecular weight is 349 g/mol. The van der Waals surface area contributed by atoms with Gasteiger partial charge < -0.3 is 10.6 Å². The summed E-state index contributed by atoms with van der Waals surface area (Å²) in [5, 5.41) is 5.30. The Morgan fingerprint density at radius 3 is 2.41 bits per heavy atom. The molecule has 0 aromatic heterocycles. The molecule has 2 aromatic rings. The van der Waals surface area contributed by atoms with Crippen molar-refractivity contribution in [1.29, 1.82) is 0 Å². The Balaban J connectivity index is 2.09. The summed E-state index contributed by atoms with van der Waals surface area (Å²) in [5.41, 5.74) is -0.603. The van der Waals surface area contributed by atoms with E-state index in [0.717, 1.165) is 18.2 Å². The minimum Gasteiger partial charge on any atom is -0.332 e. The summed E-state index contributed by atoms with van der Waals surface area (Å²) in [7, 11) is 0. The smallest absolute Gasteiger partial charge is 0.332 e. The predicted octanol–water partition coefficient (Wildman–Crippen LogP) is 5.31. The maximum Gasteiger partial charge on any atom is 0.416 e. The number of nitrogens with one attached hydrogen (secondary N) is 2. The Labute approximate surface area is 134 Å². The lowest BCUT2D eigenvalue weighted by atomic mass is 10.2. The normalized spacial score (nSPS) is 11.1. The summed E-state index contributed by atoms with van der Waals surface area (Å²) >= 11 is 10.6. The third kappa shape index (κ3) is 4.32. The van der Waals surface area contributed by atoms with E-state index in [4.69, 9.17) is 23.8 Å². The van der Waals surface area contributed by atoms with Crippen LogP contribution in [-0.2, 0) is 6.18 Å². The number of benzene rings is 2. The Hall–Kier alpha value is -1.86. The summed E-state index contributed by atoms with van der Waals surface area (Å²) in [6, 6.07) is 8.44. The van der Waals surface area contributed by atoms with Gasteiger partial charge in [-0.2, -0.15) is 13.2 Å². The molecule has 0 bridgehead atoms. The lowest BCUT2D eigenvalue weighted by Gasteiger charge is -2.13. The van der Waals surface area contributed by atoms with Crippen molar-refractivity contribution in [3.05, 3.63) is 58.9 Å². The van der Waals surface area contributed by atoms with E-state index in [-0.39, 0.29) is 21.5 Å². The van der Waals surface area contributed by atoms with Crippen molar-refractivity contribution in [2.75, 3.05) is 10.6 Å². The first-order chi connectivity index (χ1) is 10.3. The third-order valence-electron chi connectivity index (χ3n) is 2.63. The molecule has 2 aromatic carbocycles. The van der Waals surface area contributed by atoms with Gasteiger partial charge in [0.2, 0.25) is 0 Å². The number of anilines is 2. The van der Waals surface area contributed by atoms with Crippen molar-refractivity contribution in [1.82, 2.24) is 0 Å². The number of alkyl halides is 3. The molecular formula is C14H9ClF4N2S. The average Bonchev–Trinajstić information content (AvgIpc) is 2.41. The summed E-state index contributed by atoms with van der Waals surface area (Å²) in [6.45, 7) is 0. The predicted molar refractivity (Wildman–Crippen MR) is 82.7 cm³/mol. The molecule has 8 heteroatoms. The zero-order chi connectivity index (χ0) is 16.3. The highest BCUT2D eigenvalue weighted by Crippen LogP contribution is 2.30. The number of rotatable bonds is 2. The van der Waals surface area contributed by atoms with Gasteiger partial charge in [-0.15, -0.1) is 0 Å². The lowest BCUT2D eigenvalue weighted by molar-refractivity contribution is -0.137. The highest BCUT2D eigenvalue weighted by molar-refractivity contribution is 7.80. The van der Waals surface area contributed by atoms with Crippen molar-refractivity contribution in [2.24, 2.45) is 0 Å². The molecule has 0 unspecified atom stereocenters. The maximum atomic E-state index is 13.6. The summed E-state index contributed by atoms with van der Waals surface area (Å²) in [4.78, 5) is 0. The van der Waals surface area contributed by atoms with Crippen LogP contribution in [0.4, 0.5) is 28.9 Å². The summed E-state index contributed by atoms with van der Waals surface area (Å²) < 4.78 is 51.4. The third-order valence-corrected chi connectivity index (χ3v) is 3.07. The summed E-state index contributed by atoms with van der Waals surface area (Å²) in [6.07, 6.45) is -4.45. The molecule has 2 N–H and O–H groups in total. The van der Waals surface area contributed by atoms with Crippen LogP contribution in [0.5, 0.6) is 0 Å². The van der Waals surface area contributed by atoms with E-state index < -0.39 is 17.6 Å². The minimum atomic E-state index is -4.45. The SMILES string of the molecule is Fc1cc(Cl)ccc1NC(=S)Nc1cccc(C(F)(F)F)c1. The van der Waals surface area contributed by atoms with Gasteiger partial charge in [-0.3, -0.25) is 0 Å². The Morgan fingerprint density at radius 2 is 1.77 bits per heavy atom. The van der Waals surface area contributed by atoms with Crippen LogP contribution in [0.2, 0.25) is 5.02 Å². The van der Waals surface area contributed by atoms with Crippen LogP contribution in [-0.4, -0.2) is 5.11 Å². The first kappa shape index (κ1) is 16.5. The molecule has 0 heterocycles. The van der Waals surface area contributed by atoms with Crippen molar-refractivity contribution in [3.63, 3.8) is 0 Å². The number of hydrogen-bond donors (Lipinski definition) is 2. The van der Waals surface area contributed by atoms with Crippen LogP contribution in [0.1, 0.15) is 5.56 Å². The van der Waals surface area contributed by atoms with Crippen molar-refractivity contribution in [3.8, 4) is 0 Å². The van der Waals surface area contributed by atoms with Crippen molar-refractivity contribution in [2.45, 2.75) is 6.18 Å². The van der Waals surface area contributed by atoms with Gasteiger partial charge in [0.25, 0.3) is 0 Å². The zero-order valence-corrected chi connectivity index (χ0v) is 12.4. The van der Waals surface area contributed by atoms with E-state index >= 15 is 0 Å². The molecule has 2 rings (SSSR count).